The van der Waals surface area contributed by atoms with Crippen LogP contribution in [0.1, 0.15) is 51.0 Å². The number of nitrogens with zero attached hydrogens (tertiary/aromatic N) is 1. The molecule has 6 heteroatoms. The lowest BCUT2D eigenvalue weighted by molar-refractivity contribution is -0.163. The first-order valence-electron chi connectivity index (χ1n) is 12.4. The molecule has 1 aliphatic carbocycles. The van der Waals surface area contributed by atoms with Crippen LogP contribution >= 0.6 is 0 Å². The highest BCUT2D eigenvalue weighted by atomic mass is 16.5. The predicted molar refractivity (Wildman–Crippen MR) is 135 cm³/mol. The molecule has 0 saturated heterocycles. The molecule has 186 valence electrons. The maximum Gasteiger partial charge on any atom is 0.335 e. The van der Waals surface area contributed by atoms with E-state index in [1.807, 2.05) is 37.3 Å². The molecule has 0 aliphatic heterocycles. The third-order valence-electron chi connectivity index (χ3n) is 6.81. The van der Waals surface area contributed by atoms with E-state index >= 15 is 0 Å². The van der Waals surface area contributed by atoms with Crippen LogP contribution < -0.4 is 0 Å². The molecule has 1 aliphatic rings. The average Bonchev–Trinajstić information content (AvgIpc) is 3.24. The normalized spacial score (nSPS) is 18.5. The fraction of sp³-hybridized carbons (Fsp3) is 0.448. The zero-order chi connectivity index (χ0) is 24.8. The summed E-state index contributed by atoms with van der Waals surface area (Å²) in [6.07, 6.45) is 4.30. The Hall–Kier alpha value is -2.96. The highest BCUT2D eigenvalue weighted by Gasteiger charge is 2.30. The van der Waals surface area contributed by atoms with Crippen molar-refractivity contribution in [2.24, 2.45) is 11.8 Å². The van der Waals surface area contributed by atoms with Crippen molar-refractivity contribution in [3.05, 3.63) is 66.1 Å². The van der Waals surface area contributed by atoms with Crippen LogP contribution in [0.25, 0.3) is 22.6 Å². The van der Waals surface area contributed by atoms with Gasteiger partial charge in [0.1, 0.15) is 11.5 Å². The average molecular weight is 478 g/mol. The molecule has 1 unspecified atom stereocenters. The molecule has 1 aromatic heterocycles. The van der Waals surface area contributed by atoms with E-state index in [1.165, 1.54) is 5.56 Å². The zero-order valence-electron chi connectivity index (χ0n) is 20.8. The molecule has 0 radical (unpaired) electrons. The summed E-state index contributed by atoms with van der Waals surface area (Å²) in [7, 11) is 0. The Bertz CT molecular complexity index is 1100. The van der Waals surface area contributed by atoms with Gasteiger partial charge in [0.05, 0.1) is 13.2 Å². The van der Waals surface area contributed by atoms with Gasteiger partial charge in [0.25, 0.3) is 0 Å². The number of hydrogen-bond acceptors (Lipinski definition) is 5. The number of carboxylic acids is 1. The van der Waals surface area contributed by atoms with Crippen molar-refractivity contribution in [3.8, 4) is 22.6 Å². The molecule has 2 aromatic carbocycles. The van der Waals surface area contributed by atoms with Crippen molar-refractivity contribution in [1.29, 1.82) is 0 Å². The molecule has 0 amide bonds. The van der Waals surface area contributed by atoms with Crippen molar-refractivity contribution in [2.45, 2.75) is 58.7 Å². The van der Waals surface area contributed by atoms with E-state index in [-0.39, 0.29) is 0 Å². The maximum absolute atomic E-state index is 11.3. The van der Waals surface area contributed by atoms with Gasteiger partial charge in [-0.1, -0.05) is 48.9 Å². The van der Waals surface area contributed by atoms with E-state index < -0.39 is 11.6 Å². The molecule has 0 spiro atoms. The van der Waals surface area contributed by atoms with E-state index in [0.29, 0.717) is 37.5 Å². The molecule has 4 rings (SSSR count). The van der Waals surface area contributed by atoms with Crippen LogP contribution in [0, 0.1) is 18.8 Å². The first-order chi connectivity index (χ1) is 16.8. The molecule has 6 nitrogen and oxygen atoms in total. The molecule has 1 N–H and O–H groups in total. The second-order valence-electron chi connectivity index (χ2n) is 10.0. The highest BCUT2D eigenvalue weighted by Crippen LogP contribution is 2.31. The van der Waals surface area contributed by atoms with Gasteiger partial charge in [0, 0.05) is 12.2 Å². The van der Waals surface area contributed by atoms with E-state index in [0.717, 1.165) is 48.3 Å². The van der Waals surface area contributed by atoms with Gasteiger partial charge in [-0.05, 0) is 75.1 Å². The maximum atomic E-state index is 11.3. The van der Waals surface area contributed by atoms with Gasteiger partial charge in [-0.3, -0.25) is 0 Å². The van der Waals surface area contributed by atoms with Crippen LogP contribution in [0.3, 0.4) is 0 Å². The summed E-state index contributed by atoms with van der Waals surface area (Å²) in [6.45, 7) is 6.68. The summed E-state index contributed by atoms with van der Waals surface area (Å²) in [4.78, 5) is 16.0. The van der Waals surface area contributed by atoms with Crippen molar-refractivity contribution >= 4 is 5.97 Å². The first kappa shape index (κ1) is 25.1. The number of carboxylic acid groups (broad SMARTS) is 1. The highest BCUT2D eigenvalue weighted by molar-refractivity contribution is 5.76. The van der Waals surface area contributed by atoms with E-state index in [4.69, 9.17) is 13.9 Å². The lowest BCUT2D eigenvalue weighted by Crippen LogP contribution is -2.37. The third kappa shape index (κ3) is 6.59. The van der Waals surface area contributed by atoms with Crippen LogP contribution in [-0.4, -0.2) is 34.9 Å². The zero-order valence-corrected chi connectivity index (χ0v) is 20.8. The van der Waals surface area contributed by atoms with Crippen molar-refractivity contribution in [2.75, 3.05) is 13.2 Å². The van der Waals surface area contributed by atoms with Gasteiger partial charge in [0.15, 0.2) is 5.60 Å². The van der Waals surface area contributed by atoms with Crippen molar-refractivity contribution in [3.63, 3.8) is 0 Å². The number of aromatic nitrogens is 1. The number of benzene rings is 2. The van der Waals surface area contributed by atoms with Crippen LogP contribution in [0.5, 0.6) is 0 Å². The molecule has 3 aromatic rings. The van der Waals surface area contributed by atoms with E-state index in [9.17, 15) is 9.90 Å². The van der Waals surface area contributed by atoms with Gasteiger partial charge in [-0.2, -0.15) is 0 Å². The second kappa shape index (κ2) is 11.2. The lowest BCUT2D eigenvalue weighted by atomic mass is 9.82. The second-order valence-corrected chi connectivity index (χ2v) is 10.0. The number of rotatable bonds is 10. The minimum Gasteiger partial charge on any atom is -0.479 e. The molecular weight excluding hydrogens is 442 g/mol. The number of hydrogen-bond donors (Lipinski definition) is 1. The minimum atomic E-state index is -1.15. The Labute approximate surface area is 207 Å². The number of aryl methyl sites for hydroxylation is 1. The van der Waals surface area contributed by atoms with Crippen LogP contribution in [0.4, 0.5) is 0 Å². The van der Waals surface area contributed by atoms with Crippen molar-refractivity contribution < 1.29 is 23.8 Å². The fourth-order valence-electron chi connectivity index (χ4n) is 4.54. The fourth-order valence-corrected chi connectivity index (χ4v) is 4.54. The minimum absolute atomic E-state index is 0.371. The topological polar surface area (TPSA) is 81.8 Å². The Balaban J connectivity index is 1.28. The predicted octanol–water partition coefficient (Wildman–Crippen LogP) is 6.52. The molecule has 1 heterocycles. The summed E-state index contributed by atoms with van der Waals surface area (Å²) in [5, 5.41) is 9.24. The Kier molecular flexibility index (Phi) is 8.04. The summed E-state index contributed by atoms with van der Waals surface area (Å²) in [5.74, 6) is 1.27. The monoisotopic (exact) mass is 477 g/mol. The van der Waals surface area contributed by atoms with E-state index in [1.54, 1.807) is 13.8 Å². The summed E-state index contributed by atoms with van der Waals surface area (Å²) in [6, 6.07) is 18.5. The summed E-state index contributed by atoms with van der Waals surface area (Å²) >= 11 is 0. The number of carbonyl (C=O) groups is 1. The van der Waals surface area contributed by atoms with Crippen LogP contribution in [0.2, 0.25) is 0 Å². The standard InChI is InChI=1S/C29H35NO5/c1-20-26(19-33-17-21-8-7-9-22(16-21)18-34-29(2,3)28(31)32)30-27(35-20)25-14-12-24(13-15-25)23-10-5-4-6-11-23/h4-6,10-15,21-22H,7-9,16-19H2,1-3H3,(H,31,32)/t21?,22-/m1/s1. The number of oxazole rings is 1. The van der Waals surface area contributed by atoms with Gasteiger partial charge < -0.3 is 19.0 Å². The lowest BCUT2D eigenvalue weighted by Gasteiger charge is -2.31. The number of aliphatic carboxylic acids is 1. The number of ether oxygens (including phenoxy) is 2. The molecule has 0 bridgehead atoms. The smallest absolute Gasteiger partial charge is 0.335 e. The SMILES string of the molecule is Cc1oc(-c2ccc(-c3ccccc3)cc2)nc1COCC1CCC[C@@H](COC(C)(C)C(=O)O)C1. The van der Waals surface area contributed by atoms with Crippen LogP contribution in [-0.2, 0) is 20.9 Å². The molecular formula is C29H35NO5. The quantitative estimate of drug-likeness (QED) is 0.358. The molecule has 35 heavy (non-hydrogen) atoms. The van der Waals surface area contributed by atoms with E-state index in [2.05, 4.69) is 29.2 Å². The van der Waals surface area contributed by atoms with Gasteiger partial charge in [-0.15, -0.1) is 0 Å². The van der Waals surface area contributed by atoms with Gasteiger partial charge in [-0.25, -0.2) is 9.78 Å². The van der Waals surface area contributed by atoms with Crippen LogP contribution in [0.15, 0.2) is 59.0 Å². The summed E-state index contributed by atoms with van der Waals surface area (Å²) in [5.41, 5.74) is 2.96. The molecule has 2 atom stereocenters. The van der Waals surface area contributed by atoms with Gasteiger partial charge in [0.2, 0.25) is 5.89 Å². The third-order valence-corrected chi connectivity index (χ3v) is 6.81. The Morgan fingerprint density at radius 3 is 2.31 bits per heavy atom. The summed E-state index contributed by atoms with van der Waals surface area (Å²) < 4.78 is 17.7. The first-order valence-corrected chi connectivity index (χ1v) is 12.4. The Morgan fingerprint density at radius 2 is 1.63 bits per heavy atom. The molecule has 1 saturated carbocycles. The largest absolute Gasteiger partial charge is 0.479 e. The van der Waals surface area contributed by atoms with Crippen molar-refractivity contribution in [1.82, 2.24) is 4.98 Å². The van der Waals surface area contributed by atoms with Gasteiger partial charge >= 0.3 is 5.97 Å². The Morgan fingerprint density at radius 1 is 1.00 bits per heavy atom. The molecule has 1 fully saturated rings.